The van der Waals surface area contributed by atoms with E-state index in [1.165, 1.54) is 0 Å². The number of fused-ring (bicyclic) bond motifs is 6. The predicted octanol–water partition coefficient (Wildman–Crippen LogP) is 12.9. The van der Waals surface area contributed by atoms with Crippen LogP contribution in [0.25, 0.3) is 65.3 Å². The van der Waals surface area contributed by atoms with Gasteiger partial charge in [0.1, 0.15) is 60.9 Å². The monoisotopic (exact) mass is 866 g/mol. The third-order valence-electron chi connectivity index (χ3n) is 12.7. The van der Waals surface area contributed by atoms with Crippen LogP contribution < -0.4 is 23.7 Å². The van der Waals surface area contributed by atoms with E-state index in [4.69, 9.17) is 23.7 Å². The molecule has 1 aliphatic heterocycles. The standard InChI is InChI=1S/C59H46O7/c60-33-35-62-51-29-25-39-13-1-5-17-43(39)55(51)57-45-19-7-3-15-41(45)27-31-53(57)64-37-59(47-21-9-11-23-49(47)66-50-24-12-10-22-48(50)59)38-65-54-32-28-42-16-4-8-20-46(42)58(54)56-44-18-6-2-14-40(44)26-30-52(56)63-36-34-61/h1-32,60-61H,33-38H2. The smallest absolute Gasteiger partial charge is 0.131 e. The summed E-state index contributed by atoms with van der Waals surface area (Å²) in [7, 11) is 0. The predicted molar refractivity (Wildman–Crippen MR) is 264 cm³/mol. The van der Waals surface area contributed by atoms with Crippen molar-refractivity contribution in [2.75, 3.05) is 39.6 Å². The molecule has 0 radical (unpaired) electrons. The number of hydrogen-bond donors (Lipinski definition) is 2. The zero-order valence-corrected chi connectivity index (χ0v) is 36.2. The van der Waals surface area contributed by atoms with Gasteiger partial charge in [-0.25, -0.2) is 0 Å². The molecule has 0 aliphatic carbocycles. The molecule has 0 amide bonds. The van der Waals surface area contributed by atoms with Crippen LogP contribution in [0.2, 0.25) is 0 Å². The van der Waals surface area contributed by atoms with Gasteiger partial charge in [0.25, 0.3) is 0 Å². The van der Waals surface area contributed by atoms with E-state index in [2.05, 4.69) is 97.1 Å². The fourth-order valence-electron chi connectivity index (χ4n) is 9.75. The van der Waals surface area contributed by atoms with Gasteiger partial charge in [-0.3, -0.25) is 0 Å². The van der Waals surface area contributed by atoms with Gasteiger partial charge in [0.05, 0.1) is 18.6 Å². The first-order valence-electron chi connectivity index (χ1n) is 22.3. The lowest BCUT2D eigenvalue weighted by molar-refractivity contribution is 0.160. The maximum Gasteiger partial charge on any atom is 0.131 e. The second-order valence-electron chi connectivity index (χ2n) is 16.5. The normalized spacial score (nSPS) is 12.7. The van der Waals surface area contributed by atoms with Gasteiger partial charge in [-0.2, -0.15) is 0 Å². The molecule has 0 unspecified atom stereocenters. The highest BCUT2D eigenvalue weighted by molar-refractivity contribution is 6.11. The molecule has 0 atom stereocenters. The van der Waals surface area contributed by atoms with Gasteiger partial charge in [-0.05, 0) is 79.5 Å². The van der Waals surface area contributed by atoms with Crippen LogP contribution in [0.5, 0.6) is 34.5 Å². The summed E-state index contributed by atoms with van der Waals surface area (Å²) in [5.74, 6) is 4.11. The van der Waals surface area contributed by atoms with Gasteiger partial charge in [0.2, 0.25) is 0 Å². The molecule has 0 bridgehead atoms. The van der Waals surface area contributed by atoms with E-state index < -0.39 is 5.41 Å². The third-order valence-corrected chi connectivity index (χ3v) is 12.7. The molecule has 0 fully saturated rings. The molecular weight excluding hydrogens is 821 g/mol. The number of rotatable bonds is 14. The first kappa shape index (κ1) is 40.9. The van der Waals surface area contributed by atoms with Gasteiger partial charge < -0.3 is 33.9 Å². The molecule has 66 heavy (non-hydrogen) atoms. The lowest BCUT2D eigenvalue weighted by atomic mass is 9.73. The van der Waals surface area contributed by atoms with Crippen LogP contribution in [0.4, 0.5) is 0 Å². The summed E-state index contributed by atoms with van der Waals surface area (Å²) >= 11 is 0. The molecule has 324 valence electrons. The van der Waals surface area contributed by atoms with Crippen molar-refractivity contribution in [3.8, 4) is 56.8 Å². The van der Waals surface area contributed by atoms with E-state index in [1.807, 2.05) is 97.1 Å². The van der Waals surface area contributed by atoms with Crippen LogP contribution in [0.3, 0.4) is 0 Å². The Kier molecular flexibility index (Phi) is 10.9. The molecule has 0 aromatic heterocycles. The summed E-state index contributed by atoms with van der Waals surface area (Å²) in [6.07, 6.45) is 0. The molecule has 1 heterocycles. The molecule has 7 nitrogen and oxygen atoms in total. The number of aliphatic hydroxyl groups excluding tert-OH is 2. The minimum Gasteiger partial charge on any atom is -0.491 e. The van der Waals surface area contributed by atoms with Crippen LogP contribution in [0, 0.1) is 0 Å². The van der Waals surface area contributed by atoms with Crippen molar-refractivity contribution in [1.82, 2.24) is 0 Å². The lowest BCUT2D eigenvalue weighted by Crippen LogP contribution is -2.43. The Bertz CT molecular complexity index is 3190. The summed E-state index contributed by atoms with van der Waals surface area (Å²) < 4.78 is 34.0. The highest BCUT2D eigenvalue weighted by atomic mass is 16.5. The van der Waals surface area contributed by atoms with E-state index in [0.717, 1.165) is 88.0 Å². The topological polar surface area (TPSA) is 86.6 Å². The summed E-state index contributed by atoms with van der Waals surface area (Å²) in [5, 5.41) is 28.1. The van der Waals surface area contributed by atoms with Crippen molar-refractivity contribution < 1.29 is 33.9 Å². The average Bonchev–Trinajstić information content (AvgIpc) is 3.37. The second kappa shape index (κ2) is 17.6. The Morgan fingerprint density at radius 3 is 0.985 bits per heavy atom. The Morgan fingerprint density at radius 1 is 0.333 bits per heavy atom. The fourth-order valence-corrected chi connectivity index (χ4v) is 9.75. The van der Waals surface area contributed by atoms with Crippen LogP contribution in [-0.4, -0.2) is 49.9 Å². The van der Waals surface area contributed by atoms with Gasteiger partial charge in [0.15, 0.2) is 0 Å². The minimum atomic E-state index is -0.902. The first-order chi connectivity index (χ1) is 32.6. The van der Waals surface area contributed by atoms with Gasteiger partial charge in [-0.15, -0.1) is 0 Å². The maximum atomic E-state index is 9.92. The molecule has 2 N–H and O–H groups in total. The van der Waals surface area contributed by atoms with E-state index in [9.17, 15) is 10.2 Å². The fraction of sp³-hybridized carbons (Fsp3) is 0.119. The van der Waals surface area contributed by atoms with Crippen molar-refractivity contribution in [2.24, 2.45) is 0 Å². The largest absolute Gasteiger partial charge is 0.491 e. The van der Waals surface area contributed by atoms with Gasteiger partial charge in [0, 0.05) is 33.4 Å². The minimum absolute atomic E-state index is 0.120. The highest BCUT2D eigenvalue weighted by Gasteiger charge is 2.45. The van der Waals surface area contributed by atoms with Crippen molar-refractivity contribution in [1.29, 1.82) is 0 Å². The number of hydrogen-bond acceptors (Lipinski definition) is 7. The Hall–Kier alpha value is -7.84. The van der Waals surface area contributed by atoms with Crippen LogP contribution in [0.1, 0.15) is 11.1 Å². The van der Waals surface area contributed by atoms with Crippen molar-refractivity contribution in [3.05, 3.63) is 205 Å². The summed E-state index contributed by atoms with van der Waals surface area (Å²) in [6, 6.07) is 65.9. The first-order valence-corrected chi connectivity index (χ1v) is 22.3. The van der Waals surface area contributed by atoms with Crippen molar-refractivity contribution in [2.45, 2.75) is 5.41 Å². The quantitative estimate of drug-likeness (QED) is 0.113. The highest BCUT2D eigenvalue weighted by Crippen LogP contribution is 2.52. The van der Waals surface area contributed by atoms with E-state index in [0.29, 0.717) is 23.0 Å². The Labute approximate surface area is 382 Å². The molecule has 0 saturated carbocycles. The second-order valence-corrected chi connectivity index (χ2v) is 16.5. The molecular formula is C59H46O7. The van der Waals surface area contributed by atoms with E-state index >= 15 is 0 Å². The Balaban J connectivity index is 1.10. The molecule has 10 aromatic carbocycles. The number of para-hydroxylation sites is 2. The maximum absolute atomic E-state index is 9.92. The van der Waals surface area contributed by atoms with Crippen LogP contribution in [0.15, 0.2) is 194 Å². The number of ether oxygens (including phenoxy) is 5. The summed E-state index contributed by atoms with van der Waals surface area (Å²) in [4.78, 5) is 0. The molecule has 0 spiro atoms. The van der Waals surface area contributed by atoms with E-state index in [1.54, 1.807) is 0 Å². The van der Waals surface area contributed by atoms with E-state index in [-0.39, 0.29) is 39.6 Å². The van der Waals surface area contributed by atoms with Gasteiger partial charge in [-0.1, -0.05) is 158 Å². The SMILES string of the molecule is OCCOc1ccc2ccccc2c1-c1c(OCC2(COc3ccc4ccccc4c3-c3c(OCCO)ccc4ccccc34)c3ccccc3Oc3ccccc32)ccc2ccccc12. The average molecular weight is 867 g/mol. The molecule has 1 aliphatic rings. The Morgan fingerprint density at radius 2 is 0.636 bits per heavy atom. The van der Waals surface area contributed by atoms with Crippen LogP contribution >= 0.6 is 0 Å². The van der Waals surface area contributed by atoms with Crippen LogP contribution in [-0.2, 0) is 5.41 Å². The zero-order valence-electron chi connectivity index (χ0n) is 36.2. The number of aliphatic hydroxyl groups is 2. The molecule has 0 saturated heterocycles. The van der Waals surface area contributed by atoms with Crippen molar-refractivity contribution in [3.63, 3.8) is 0 Å². The molecule has 10 aromatic rings. The zero-order chi connectivity index (χ0) is 44.5. The molecule has 7 heteroatoms. The summed E-state index contributed by atoms with van der Waals surface area (Å²) in [5.41, 5.74) is 4.53. The third kappa shape index (κ3) is 7.19. The van der Waals surface area contributed by atoms with Crippen molar-refractivity contribution >= 4 is 43.1 Å². The number of benzene rings is 10. The van der Waals surface area contributed by atoms with Gasteiger partial charge >= 0.3 is 0 Å². The lowest BCUT2D eigenvalue weighted by Gasteiger charge is -2.40. The molecule has 11 rings (SSSR count). The summed E-state index contributed by atoms with van der Waals surface area (Å²) in [6.45, 7) is 0.399.